The van der Waals surface area contributed by atoms with Crippen molar-refractivity contribution in [1.29, 1.82) is 0 Å². The van der Waals surface area contributed by atoms with Crippen LogP contribution in [0.2, 0.25) is 0 Å². The van der Waals surface area contributed by atoms with Gasteiger partial charge in [-0.2, -0.15) is 0 Å². The minimum absolute atomic E-state index is 0.172. The quantitative estimate of drug-likeness (QED) is 0.524. The van der Waals surface area contributed by atoms with E-state index in [1.54, 1.807) is 45.4 Å². The monoisotopic (exact) mass is 428 g/mol. The van der Waals surface area contributed by atoms with Crippen LogP contribution in [0.15, 0.2) is 48.5 Å². The maximum Gasteiger partial charge on any atom is 0.261 e. The number of methoxy groups -OCH3 is 2. The van der Waals surface area contributed by atoms with E-state index in [1.807, 2.05) is 24.3 Å². The Morgan fingerprint density at radius 3 is 2.03 bits per heavy atom. The first-order chi connectivity index (χ1) is 15.0. The van der Waals surface area contributed by atoms with E-state index in [0.717, 1.165) is 24.2 Å². The van der Waals surface area contributed by atoms with Crippen molar-refractivity contribution in [2.75, 3.05) is 27.4 Å². The number of unbranched alkanes of at least 4 members (excludes halogenated alkanes) is 1. The van der Waals surface area contributed by atoms with Crippen molar-refractivity contribution in [3.8, 4) is 17.2 Å². The first-order valence-electron chi connectivity index (χ1n) is 10.5. The zero-order valence-electron chi connectivity index (χ0n) is 18.7. The maximum absolute atomic E-state index is 13.0. The van der Waals surface area contributed by atoms with Gasteiger partial charge in [0.1, 0.15) is 23.3 Å². The summed E-state index contributed by atoms with van der Waals surface area (Å²) in [6.45, 7) is 4.50. The van der Waals surface area contributed by atoms with Gasteiger partial charge in [0.25, 0.3) is 5.91 Å². The molecule has 7 nitrogen and oxygen atoms in total. The van der Waals surface area contributed by atoms with E-state index < -0.39 is 6.04 Å². The summed E-state index contributed by atoms with van der Waals surface area (Å²) < 4.78 is 16.0. The number of hydrogen-bond acceptors (Lipinski definition) is 5. The molecule has 2 aromatic carbocycles. The summed E-state index contributed by atoms with van der Waals surface area (Å²) in [5, 5.41) is 2.90. The van der Waals surface area contributed by atoms with Crippen molar-refractivity contribution in [1.82, 2.24) is 10.2 Å². The summed E-state index contributed by atoms with van der Waals surface area (Å²) in [6, 6.07) is 13.8. The molecule has 0 aromatic heterocycles. The highest BCUT2D eigenvalue weighted by Crippen LogP contribution is 2.18. The van der Waals surface area contributed by atoms with Crippen molar-refractivity contribution in [3.63, 3.8) is 0 Å². The van der Waals surface area contributed by atoms with Gasteiger partial charge in [-0.3, -0.25) is 9.59 Å². The summed E-state index contributed by atoms with van der Waals surface area (Å²) >= 11 is 0. The van der Waals surface area contributed by atoms with E-state index in [2.05, 4.69) is 12.2 Å². The zero-order chi connectivity index (χ0) is 22.6. The van der Waals surface area contributed by atoms with E-state index in [-0.39, 0.29) is 25.0 Å². The average molecular weight is 429 g/mol. The lowest BCUT2D eigenvalue weighted by Crippen LogP contribution is -2.49. The molecule has 0 heterocycles. The van der Waals surface area contributed by atoms with Gasteiger partial charge >= 0.3 is 0 Å². The van der Waals surface area contributed by atoms with Crippen LogP contribution < -0.4 is 19.5 Å². The molecule has 0 radical (unpaired) electrons. The molecule has 0 aliphatic heterocycles. The summed E-state index contributed by atoms with van der Waals surface area (Å²) in [5.41, 5.74) is 0.895. The van der Waals surface area contributed by atoms with Crippen LogP contribution in [0, 0.1) is 0 Å². The van der Waals surface area contributed by atoms with Gasteiger partial charge in [-0.25, -0.2) is 0 Å². The minimum atomic E-state index is -0.633. The Bertz CT molecular complexity index is 821. The summed E-state index contributed by atoms with van der Waals surface area (Å²) in [7, 11) is 3.19. The Kier molecular flexibility index (Phi) is 9.68. The number of carbonyl (C=O) groups is 2. The van der Waals surface area contributed by atoms with Crippen LogP contribution in [0.1, 0.15) is 32.3 Å². The highest BCUT2D eigenvalue weighted by molar-refractivity contribution is 5.87. The largest absolute Gasteiger partial charge is 0.497 e. The maximum atomic E-state index is 13.0. The molecule has 168 valence electrons. The van der Waals surface area contributed by atoms with E-state index in [1.165, 1.54) is 4.90 Å². The third-order valence-corrected chi connectivity index (χ3v) is 4.93. The van der Waals surface area contributed by atoms with Crippen molar-refractivity contribution >= 4 is 11.8 Å². The molecule has 0 fully saturated rings. The molecule has 2 rings (SSSR count). The number of ether oxygens (including phenoxy) is 3. The van der Waals surface area contributed by atoms with Crippen molar-refractivity contribution in [2.24, 2.45) is 0 Å². The third-order valence-electron chi connectivity index (χ3n) is 4.93. The lowest BCUT2D eigenvalue weighted by atomic mass is 10.1. The van der Waals surface area contributed by atoms with Gasteiger partial charge in [0.05, 0.1) is 14.2 Å². The van der Waals surface area contributed by atoms with Crippen LogP contribution in [0.3, 0.4) is 0 Å². The molecule has 2 amide bonds. The Morgan fingerprint density at radius 2 is 1.48 bits per heavy atom. The van der Waals surface area contributed by atoms with Gasteiger partial charge in [-0.05, 0) is 55.3 Å². The highest BCUT2D eigenvalue weighted by Gasteiger charge is 2.26. The number of nitrogens with zero attached hydrogens (tertiary/aromatic N) is 1. The Morgan fingerprint density at radius 1 is 0.935 bits per heavy atom. The first-order valence-corrected chi connectivity index (χ1v) is 10.5. The molecule has 0 saturated carbocycles. The van der Waals surface area contributed by atoms with Crippen LogP contribution in [-0.4, -0.2) is 50.1 Å². The number of amides is 2. The van der Waals surface area contributed by atoms with Gasteiger partial charge in [-0.1, -0.05) is 25.5 Å². The summed E-state index contributed by atoms with van der Waals surface area (Å²) in [4.78, 5) is 27.2. The van der Waals surface area contributed by atoms with Crippen LogP contribution in [0.5, 0.6) is 17.2 Å². The van der Waals surface area contributed by atoms with Crippen LogP contribution in [0.25, 0.3) is 0 Å². The van der Waals surface area contributed by atoms with Crippen LogP contribution in [-0.2, 0) is 16.1 Å². The number of nitrogens with one attached hydrogen (secondary N) is 1. The Balaban J connectivity index is 2.09. The van der Waals surface area contributed by atoms with E-state index in [4.69, 9.17) is 14.2 Å². The molecule has 1 N–H and O–H groups in total. The Hall–Kier alpha value is -3.22. The van der Waals surface area contributed by atoms with Gasteiger partial charge in [0.15, 0.2) is 6.61 Å². The molecule has 2 aromatic rings. The number of carbonyl (C=O) groups excluding carboxylic acids is 2. The third kappa shape index (κ3) is 7.51. The lowest BCUT2D eigenvalue weighted by molar-refractivity contribution is -0.142. The van der Waals surface area contributed by atoms with Gasteiger partial charge in [0.2, 0.25) is 5.91 Å². The predicted octanol–water partition coefficient (Wildman–Crippen LogP) is 3.42. The lowest BCUT2D eigenvalue weighted by Gasteiger charge is -2.28. The molecule has 1 unspecified atom stereocenters. The molecule has 1 atom stereocenters. The SMILES string of the molecule is CCCCNC(=O)C(C)N(Cc1ccc(OC)cc1)C(=O)COc1ccc(OC)cc1. The zero-order valence-corrected chi connectivity index (χ0v) is 18.7. The molecule has 0 saturated heterocycles. The molecular weight excluding hydrogens is 396 g/mol. The molecule has 0 bridgehead atoms. The number of benzene rings is 2. The Labute approximate surface area is 184 Å². The van der Waals surface area contributed by atoms with Crippen LogP contribution >= 0.6 is 0 Å². The first kappa shape index (κ1) is 24.1. The van der Waals surface area contributed by atoms with Gasteiger partial charge in [-0.15, -0.1) is 0 Å². The molecule has 0 aliphatic rings. The molecule has 0 spiro atoms. The average Bonchev–Trinajstić information content (AvgIpc) is 2.81. The minimum Gasteiger partial charge on any atom is -0.497 e. The molecular formula is C24H32N2O5. The van der Waals surface area contributed by atoms with Crippen LogP contribution in [0.4, 0.5) is 0 Å². The normalized spacial score (nSPS) is 11.4. The van der Waals surface area contributed by atoms with Gasteiger partial charge < -0.3 is 24.4 Å². The second-order valence-electron chi connectivity index (χ2n) is 7.15. The van der Waals surface area contributed by atoms with Crippen molar-refractivity contribution in [3.05, 3.63) is 54.1 Å². The van der Waals surface area contributed by atoms with E-state index in [0.29, 0.717) is 18.0 Å². The second kappa shape index (κ2) is 12.5. The smallest absolute Gasteiger partial charge is 0.261 e. The van der Waals surface area contributed by atoms with Gasteiger partial charge in [0, 0.05) is 13.1 Å². The molecule has 7 heteroatoms. The van der Waals surface area contributed by atoms with E-state index >= 15 is 0 Å². The van der Waals surface area contributed by atoms with Crippen molar-refractivity contribution in [2.45, 2.75) is 39.3 Å². The fraction of sp³-hybridized carbons (Fsp3) is 0.417. The highest BCUT2D eigenvalue weighted by atomic mass is 16.5. The summed E-state index contributed by atoms with van der Waals surface area (Å²) in [5.74, 6) is 1.54. The molecule has 31 heavy (non-hydrogen) atoms. The fourth-order valence-corrected chi connectivity index (χ4v) is 2.95. The topological polar surface area (TPSA) is 77.1 Å². The number of rotatable bonds is 12. The van der Waals surface area contributed by atoms with E-state index in [9.17, 15) is 9.59 Å². The fourth-order valence-electron chi connectivity index (χ4n) is 2.95. The standard InChI is InChI=1S/C24H32N2O5/c1-5-6-15-25-24(28)18(2)26(16-19-7-9-20(29-3)10-8-19)23(27)17-31-22-13-11-21(30-4)12-14-22/h7-14,18H,5-6,15-17H2,1-4H3,(H,25,28). The predicted molar refractivity (Wildman–Crippen MR) is 119 cm³/mol. The van der Waals surface area contributed by atoms with Crippen molar-refractivity contribution < 1.29 is 23.8 Å². The molecule has 0 aliphatic carbocycles. The second-order valence-corrected chi connectivity index (χ2v) is 7.15. The number of hydrogen-bond donors (Lipinski definition) is 1. The summed E-state index contributed by atoms with van der Waals surface area (Å²) in [6.07, 6.45) is 1.88.